The van der Waals surface area contributed by atoms with Crippen LogP contribution in [0.1, 0.15) is 40.0 Å². The Kier molecular flexibility index (Phi) is 4.15. The van der Waals surface area contributed by atoms with Gasteiger partial charge in [-0.1, -0.05) is 0 Å². The van der Waals surface area contributed by atoms with Crippen molar-refractivity contribution in [1.29, 1.82) is 0 Å². The molecule has 5 nitrogen and oxygen atoms in total. The minimum absolute atomic E-state index is 0.0338. The Morgan fingerprint density at radius 3 is 2.53 bits per heavy atom. The zero-order valence-corrected chi connectivity index (χ0v) is 10.5. The van der Waals surface area contributed by atoms with Crippen LogP contribution in [0.5, 0.6) is 0 Å². The van der Waals surface area contributed by atoms with Gasteiger partial charge < -0.3 is 15.2 Å². The molecule has 2 N–H and O–H groups in total. The van der Waals surface area contributed by atoms with Gasteiger partial charge in [0, 0.05) is 25.0 Å². The second kappa shape index (κ2) is 5.21. The van der Waals surface area contributed by atoms with Crippen molar-refractivity contribution in [3.63, 3.8) is 0 Å². The fourth-order valence-corrected chi connectivity index (χ4v) is 1.58. The molecule has 0 aliphatic heterocycles. The first-order valence-electron chi connectivity index (χ1n) is 5.70. The van der Waals surface area contributed by atoms with Gasteiger partial charge in [0.15, 0.2) is 5.78 Å². The van der Waals surface area contributed by atoms with Crippen molar-refractivity contribution in [2.24, 2.45) is 0 Å². The number of amides is 1. The zero-order chi connectivity index (χ0) is 13.1. The molecule has 0 fully saturated rings. The quantitative estimate of drug-likeness (QED) is 0.793. The average molecular weight is 241 g/mol. The molecule has 17 heavy (non-hydrogen) atoms. The minimum atomic E-state index is -0.533. The third-order valence-electron chi connectivity index (χ3n) is 2.32. The maximum Gasteiger partial charge on any atom is 0.407 e. The number of alkyl carbamates (subject to hydrolysis) is 1. The number of nitrogens with one attached hydrogen (secondary N) is 1. The van der Waals surface area contributed by atoms with Crippen LogP contribution in [0.25, 0.3) is 0 Å². The largest absolute Gasteiger partial charge is 0.512 e. The minimum Gasteiger partial charge on any atom is -0.512 e. The van der Waals surface area contributed by atoms with Crippen LogP contribution in [0.3, 0.4) is 0 Å². The van der Waals surface area contributed by atoms with Crippen LogP contribution in [0.2, 0.25) is 0 Å². The second-order valence-electron chi connectivity index (χ2n) is 5.03. The van der Waals surface area contributed by atoms with Crippen molar-refractivity contribution in [2.75, 3.05) is 6.54 Å². The number of ether oxygens (including phenoxy) is 1. The van der Waals surface area contributed by atoms with E-state index in [-0.39, 0.29) is 11.5 Å². The zero-order valence-electron chi connectivity index (χ0n) is 10.5. The van der Waals surface area contributed by atoms with Gasteiger partial charge in [-0.3, -0.25) is 4.79 Å². The molecule has 1 rings (SSSR count). The highest BCUT2D eigenvalue weighted by atomic mass is 16.6. The molecule has 0 bridgehead atoms. The van der Waals surface area contributed by atoms with Gasteiger partial charge in [0.2, 0.25) is 0 Å². The first kappa shape index (κ1) is 13.5. The molecule has 0 aromatic rings. The molecule has 0 radical (unpaired) electrons. The lowest BCUT2D eigenvalue weighted by Crippen LogP contribution is -2.33. The van der Waals surface area contributed by atoms with Crippen LogP contribution in [0.15, 0.2) is 11.3 Å². The maximum absolute atomic E-state index is 11.3. The normalized spacial score (nSPS) is 16.3. The Hall–Kier alpha value is -1.52. The lowest BCUT2D eigenvalue weighted by molar-refractivity contribution is -0.115. The Labute approximate surface area is 101 Å². The lowest BCUT2D eigenvalue weighted by Gasteiger charge is -2.19. The van der Waals surface area contributed by atoms with Crippen LogP contribution in [0, 0.1) is 0 Å². The smallest absolute Gasteiger partial charge is 0.407 e. The SMILES string of the molecule is CC(C)(C)OC(=O)NCCC1=C(O)CCC1=O. The van der Waals surface area contributed by atoms with E-state index in [0.29, 0.717) is 31.4 Å². The molecule has 1 amide bonds. The molecule has 1 aliphatic carbocycles. The molecule has 0 unspecified atom stereocenters. The van der Waals surface area contributed by atoms with Gasteiger partial charge in [-0.15, -0.1) is 0 Å². The standard InChI is InChI=1S/C12H19NO4/c1-12(2,3)17-11(16)13-7-6-8-9(14)4-5-10(8)15/h14H,4-7H2,1-3H3,(H,13,16). The van der Waals surface area contributed by atoms with Crippen molar-refractivity contribution in [1.82, 2.24) is 5.32 Å². The van der Waals surface area contributed by atoms with Gasteiger partial charge in [0.05, 0.1) is 5.76 Å². The summed E-state index contributed by atoms with van der Waals surface area (Å²) in [5.74, 6) is 0.120. The molecule has 5 heteroatoms. The summed E-state index contributed by atoms with van der Waals surface area (Å²) in [5, 5.41) is 12.0. The predicted octanol–water partition coefficient (Wildman–Crippen LogP) is 2.08. The van der Waals surface area contributed by atoms with E-state index < -0.39 is 11.7 Å². The highest BCUT2D eigenvalue weighted by Gasteiger charge is 2.22. The van der Waals surface area contributed by atoms with Gasteiger partial charge in [-0.25, -0.2) is 4.79 Å². The first-order chi connectivity index (χ1) is 7.79. The Bertz CT molecular complexity index is 352. The van der Waals surface area contributed by atoms with E-state index in [4.69, 9.17) is 4.74 Å². The van der Waals surface area contributed by atoms with Crippen LogP contribution < -0.4 is 5.32 Å². The maximum atomic E-state index is 11.3. The molecule has 0 atom stereocenters. The highest BCUT2D eigenvalue weighted by molar-refractivity contribution is 5.98. The summed E-state index contributed by atoms with van der Waals surface area (Å²) in [6, 6.07) is 0. The van der Waals surface area contributed by atoms with Crippen LogP contribution >= 0.6 is 0 Å². The summed E-state index contributed by atoms with van der Waals surface area (Å²) in [4.78, 5) is 22.6. The van der Waals surface area contributed by atoms with Gasteiger partial charge >= 0.3 is 6.09 Å². The van der Waals surface area contributed by atoms with E-state index >= 15 is 0 Å². The summed E-state index contributed by atoms with van der Waals surface area (Å²) >= 11 is 0. The third-order valence-corrected chi connectivity index (χ3v) is 2.32. The van der Waals surface area contributed by atoms with Crippen molar-refractivity contribution >= 4 is 11.9 Å². The van der Waals surface area contributed by atoms with E-state index in [2.05, 4.69) is 5.32 Å². The Morgan fingerprint density at radius 2 is 2.06 bits per heavy atom. The lowest BCUT2D eigenvalue weighted by atomic mass is 10.1. The number of carbonyl (C=O) groups excluding carboxylic acids is 2. The van der Waals surface area contributed by atoms with E-state index in [1.165, 1.54) is 0 Å². The number of hydrogen-bond donors (Lipinski definition) is 2. The average Bonchev–Trinajstić information content (AvgIpc) is 2.46. The van der Waals surface area contributed by atoms with Crippen molar-refractivity contribution in [3.8, 4) is 0 Å². The number of allylic oxidation sites excluding steroid dienone is 1. The van der Waals surface area contributed by atoms with E-state index in [9.17, 15) is 14.7 Å². The van der Waals surface area contributed by atoms with Crippen LogP contribution in [0.4, 0.5) is 4.79 Å². The molecule has 96 valence electrons. The van der Waals surface area contributed by atoms with Crippen molar-refractivity contribution < 1.29 is 19.4 Å². The van der Waals surface area contributed by atoms with E-state index in [0.717, 1.165) is 0 Å². The van der Waals surface area contributed by atoms with Crippen molar-refractivity contribution in [3.05, 3.63) is 11.3 Å². The molecule has 0 heterocycles. The van der Waals surface area contributed by atoms with E-state index in [1.807, 2.05) is 0 Å². The van der Waals surface area contributed by atoms with Gasteiger partial charge in [-0.05, 0) is 27.2 Å². The Morgan fingerprint density at radius 1 is 1.41 bits per heavy atom. The Balaban J connectivity index is 2.31. The van der Waals surface area contributed by atoms with Gasteiger partial charge in [0.1, 0.15) is 5.60 Å². The number of ketones is 1. The summed E-state index contributed by atoms with van der Waals surface area (Å²) < 4.78 is 5.04. The number of Topliss-reactive ketones (excluding diaryl/α,β-unsaturated/α-hetero) is 1. The summed E-state index contributed by atoms with van der Waals surface area (Å²) in [6.07, 6.45) is 0.626. The third kappa shape index (κ3) is 4.46. The monoisotopic (exact) mass is 241 g/mol. The predicted molar refractivity (Wildman–Crippen MR) is 62.7 cm³/mol. The first-order valence-corrected chi connectivity index (χ1v) is 5.70. The van der Waals surface area contributed by atoms with Crippen molar-refractivity contribution in [2.45, 2.75) is 45.6 Å². The molecule has 1 aliphatic rings. The summed E-state index contributed by atoms with van der Waals surface area (Å²) in [5.41, 5.74) is -0.102. The molecular formula is C12H19NO4. The molecule has 0 spiro atoms. The van der Waals surface area contributed by atoms with Gasteiger partial charge in [-0.2, -0.15) is 0 Å². The van der Waals surface area contributed by atoms with E-state index in [1.54, 1.807) is 20.8 Å². The van der Waals surface area contributed by atoms with Crippen LogP contribution in [-0.2, 0) is 9.53 Å². The number of aliphatic hydroxyl groups is 1. The fourth-order valence-electron chi connectivity index (χ4n) is 1.58. The highest BCUT2D eigenvalue weighted by Crippen LogP contribution is 2.22. The molecule has 0 saturated heterocycles. The number of aliphatic hydroxyl groups excluding tert-OH is 1. The summed E-state index contributed by atoms with van der Waals surface area (Å²) in [6.45, 7) is 5.63. The topological polar surface area (TPSA) is 75.6 Å². The number of hydrogen-bond acceptors (Lipinski definition) is 4. The molecule has 0 aromatic carbocycles. The van der Waals surface area contributed by atoms with Gasteiger partial charge in [0.25, 0.3) is 0 Å². The number of rotatable bonds is 3. The number of carbonyl (C=O) groups is 2. The fraction of sp³-hybridized carbons (Fsp3) is 0.667. The molecular weight excluding hydrogens is 222 g/mol. The summed E-state index contributed by atoms with van der Waals surface area (Å²) in [7, 11) is 0. The molecule has 0 aromatic heterocycles. The molecule has 0 saturated carbocycles. The van der Waals surface area contributed by atoms with Crippen LogP contribution in [-0.4, -0.2) is 29.1 Å². The second-order valence-corrected chi connectivity index (χ2v) is 5.03.